The highest BCUT2D eigenvalue weighted by atomic mass is 32.1. The number of nitrogens with zero attached hydrogens (tertiary/aromatic N) is 1. The molecule has 0 bridgehead atoms. The van der Waals surface area contributed by atoms with Gasteiger partial charge < -0.3 is 0 Å². The van der Waals surface area contributed by atoms with Crippen LogP contribution < -0.4 is 5.48 Å². The van der Waals surface area contributed by atoms with Crippen LogP contribution in [0.2, 0.25) is 0 Å². The van der Waals surface area contributed by atoms with Crippen LogP contribution >= 0.6 is 11.3 Å². The molecule has 0 fully saturated rings. The minimum absolute atomic E-state index is 0.216. The minimum Gasteiger partial charge on any atom is -0.299 e. The van der Waals surface area contributed by atoms with Crippen molar-refractivity contribution in [3.05, 3.63) is 16.6 Å². The first-order valence-corrected chi connectivity index (χ1v) is 4.49. The van der Waals surface area contributed by atoms with Crippen LogP contribution in [0.15, 0.2) is 10.9 Å². The Balaban J connectivity index is 2.14. The van der Waals surface area contributed by atoms with Crippen molar-refractivity contribution in [2.24, 2.45) is 0 Å². The number of hydroxylamine groups is 1. The monoisotopic (exact) mass is 172 g/mol. The van der Waals surface area contributed by atoms with Crippen molar-refractivity contribution >= 4 is 11.3 Å². The van der Waals surface area contributed by atoms with Crippen LogP contribution in [0.25, 0.3) is 0 Å². The molecule has 1 N–H and O–H groups in total. The molecule has 0 saturated heterocycles. The first-order chi connectivity index (χ1) is 5.29. The Labute approximate surface area is 70.4 Å². The van der Waals surface area contributed by atoms with Gasteiger partial charge in [0, 0.05) is 5.38 Å². The lowest BCUT2D eigenvalue weighted by Crippen LogP contribution is -2.19. The third-order valence-electron chi connectivity index (χ3n) is 1.06. The van der Waals surface area contributed by atoms with Gasteiger partial charge in [-0.2, -0.15) is 5.48 Å². The summed E-state index contributed by atoms with van der Waals surface area (Å²) >= 11 is 1.59. The second kappa shape index (κ2) is 4.43. The fraction of sp³-hybridized carbons (Fsp3) is 0.571. The van der Waals surface area contributed by atoms with Gasteiger partial charge in [-0.15, -0.1) is 11.3 Å². The number of hydrogen-bond acceptors (Lipinski definition) is 4. The molecule has 11 heavy (non-hydrogen) atoms. The summed E-state index contributed by atoms with van der Waals surface area (Å²) in [6.07, 6.45) is 0.216. The first-order valence-electron chi connectivity index (χ1n) is 3.54. The number of thiazole rings is 1. The zero-order valence-corrected chi connectivity index (χ0v) is 7.52. The maximum absolute atomic E-state index is 5.13. The van der Waals surface area contributed by atoms with Crippen LogP contribution in [0.5, 0.6) is 0 Å². The van der Waals surface area contributed by atoms with E-state index < -0.39 is 0 Å². The lowest BCUT2D eigenvalue weighted by atomic mass is 10.5. The third-order valence-corrected chi connectivity index (χ3v) is 1.69. The second-order valence-electron chi connectivity index (χ2n) is 2.47. The van der Waals surface area contributed by atoms with Gasteiger partial charge in [0.15, 0.2) is 0 Å². The molecule has 3 nitrogen and oxygen atoms in total. The van der Waals surface area contributed by atoms with Crippen molar-refractivity contribution in [3.8, 4) is 0 Å². The van der Waals surface area contributed by atoms with Crippen LogP contribution in [0.3, 0.4) is 0 Å². The fourth-order valence-corrected chi connectivity index (χ4v) is 1.17. The Hall–Kier alpha value is -0.450. The molecule has 0 aliphatic carbocycles. The summed E-state index contributed by atoms with van der Waals surface area (Å²) in [4.78, 5) is 9.22. The average molecular weight is 172 g/mol. The molecule has 1 heterocycles. The van der Waals surface area contributed by atoms with Crippen molar-refractivity contribution in [1.82, 2.24) is 10.5 Å². The van der Waals surface area contributed by atoms with Crippen LogP contribution in [-0.4, -0.2) is 11.1 Å². The van der Waals surface area contributed by atoms with Gasteiger partial charge in [-0.05, 0) is 13.8 Å². The van der Waals surface area contributed by atoms with E-state index in [-0.39, 0.29) is 6.10 Å². The summed E-state index contributed by atoms with van der Waals surface area (Å²) < 4.78 is 0. The molecule has 1 rings (SSSR count). The largest absolute Gasteiger partial charge is 0.299 e. The smallest absolute Gasteiger partial charge is 0.0795 e. The second-order valence-corrected chi connectivity index (χ2v) is 3.19. The molecule has 0 radical (unpaired) electrons. The van der Waals surface area contributed by atoms with E-state index in [4.69, 9.17) is 4.84 Å². The molecule has 0 atom stereocenters. The van der Waals surface area contributed by atoms with E-state index in [0.29, 0.717) is 6.54 Å². The van der Waals surface area contributed by atoms with E-state index in [1.54, 1.807) is 11.3 Å². The molecule has 0 amide bonds. The Bertz CT molecular complexity index is 186. The van der Waals surface area contributed by atoms with Gasteiger partial charge in [0.2, 0.25) is 0 Å². The van der Waals surface area contributed by atoms with Gasteiger partial charge in [0.05, 0.1) is 23.9 Å². The van der Waals surface area contributed by atoms with Gasteiger partial charge in [0.25, 0.3) is 0 Å². The van der Waals surface area contributed by atoms with Gasteiger partial charge in [-0.25, -0.2) is 4.98 Å². The molecule has 1 aromatic heterocycles. The molecule has 0 aromatic carbocycles. The van der Waals surface area contributed by atoms with E-state index in [2.05, 4.69) is 10.5 Å². The summed E-state index contributed by atoms with van der Waals surface area (Å²) in [5, 5.41) is 2.00. The Morgan fingerprint density at radius 3 is 3.09 bits per heavy atom. The maximum atomic E-state index is 5.13. The highest BCUT2D eigenvalue weighted by Gasteiger charge is 1.95. The number of rotatable bonds is 4. The van der Waals surface area contributed by atoms with E-state index in [0.717, 1.165) is 5.69 Å². The van der Waals surface area contributed by atoms with E-state index in [1.807, 2.05) is 24.7 Å². The third kappa shape index (κ3) is 3.46. The van der Waals surface area contributed by atoms with Crippen LogP contribution in [0.1, 0.15) is 19.5 Å². The molecule has 62 valence electrons. The number of aromatic nitrogens is 1. The number of hydrogen-bond donors (Lipinski definition) is 1. The molecule has 0 aliphatic heterocycles. The maximum Gasteiger partial charge on any atom is 0.0795 e. The van der Waals surface area contributed by atoms with Crippen molar-refractivity contribution in [2.75, 3.05) is 0 Å². The topological polar surface area (TPSA) is 34.1 Å². The van der Waals surface area contributed by atoms with Gasteiger partial charge in [-0.1, -0.05) is 0 Å². The molecule has 0 aliphatic rings. The molecule has 1 aromatic rings. The zero-order chi connectivity index (χ0) is 8.10. The Morgan fingerprint density at radius 1 is 1.73 bits per heavy atom. The van der Waals surface area contributed by atoms with Crippen molar-refractivity contribution < 1.29 is 4.84 Å². The SMILES string of the molecule is CC(C)ONCc1cscn1. The minimum atomic E-state index is 0.216. The normalized spacial score (nSPS) is 10.8. The molecule has 0 saturated carbocycles. The summed E-state index contributed by atoms with van der Waals surface area (Å²) in [7, 11) is 0. The van der Waals surface area contributed by atoms with E-state index in [9.17, 15) is 0 Å². The molecular weight excluding hydrogens is 160 g/mol. The predicted molar refractivity (Wildman–Crippen MR) is 45.2 cm³/mol. The van der Waals surface area contributed by atoms with Crippen LogP contribution in [0.4, 0.5) is 0 Å². The van der Waals surface area contributed by atoms with Crippen molar-refractivity contribution in [3.63, 3.8) is 0 Å². The highest BCUT2D eigenvalue weighted by molar-refractivity contribution is 7.07. The molecular formula is C7H12N2OS. The summed E-state index contributed by atoms with van der Waals surface area (Å²) in [6, 6.07) is 0. The van der Waals surface area contributed by atoms with Crippen molar-refractivity contribution in [2.45, 2.75) is 26.5 Å². The average Bonchev–Trinajstić information content (AvgIpc) is 2.39. The Kier molecular flexibility index (Phi) is 3.48. The van der Waals surface area contributed by atoms with E-state index in [1.165, 1.54) is 0 Å². The van der Waals surface area contributed by atoms with Crippen LogP contribution in [-0.2, 0) is 11.4 Å². The first kappa shape index (κ1) is 8.64. The lowest BCUT2D eigenvalue weighted by Gasteiger charge is -2.06. The predicted octanol–water partition coefficient (Wildman–Crippen LogP) is 1.57. The fourth-order valence-electron chi connectivity index (χ4n) is 0.607. The van der Waals surface area contributed by atoms with E-state index >= 15 is 0 Å². The summed E-state index contributed by atoms with van der Waals surface area (Å²) in [6.45, 7) is 4.64. The molecule has 0 unspecified atom stereocenters. The number of nitrogens with one attached hydrogen (secondary N) is 1. The standard InChI is InChI=1S/C7H12N2OS/c1-6(2)10-9-3-7-4-11-5-8-7/h4-6,9H,3H2,1-2H3. The van der Waals surface area contributed by atoms with Gasteiger partial charge in [0.1, 0.15) is 0 Å². The summed E-state index contributed by atoms with van der Waals surface area (Å²) in [5.41, 5.74) is 5.67. The molecule has 0 spiro atoms. The van der Waals surface area contributed by atoms with Crippen molar-refractivity contribution in [1.29, 1.82) is 0 Å². The van der Waals surface area contributed by atoms with Crippen LogP contribution in [0, 0.1) is 0 Å². The lowest BCUT2D eigenvalue weighted by molar-refractivity contribution is -0.00929. The zero-order valence-electron chi connectivity index (χ0n) is 6.70. The molecule has 4 heteroatoms. The highest BCUT2D eigenvalue weighted by Crippen LogP contribution is 1.99. The van der Waals surface area contributed by atoms with Gasteiger partial charge >= 0.3 is 0 Å². The Morgan fingerprint density at radius 2 is 2.55 bits per heavy atom. The summed E-state index contributed by atoms with van der Waals surface area (Å²) in [5.74, 6) is 0. The quantitative estimate of drug-likeness (QED) is 0.700. The van der Waals surface area contributed by atoms with Gasteiger partial charge in [-0.3, -0.25) is 4.84 Å².